The van der Waals surface area contributed by atoms with E-state index in [9.17, 15) is 9.59 Å². The van der Waals surface area contributed by atoms with Gasteiger partial charge in [-0.1, -0.05) is 46.8 Å². The third-order valence-corrected chi connectivity index (χ3v) is 3.88. The van der Waals surface area contributed by atoms with E-state index in [1.54, 1.807) is 6.20 Å². The second-order valence-corrected chi connectivity index (χ2v) is 7.07. The normalized spacial score (nSPS) is 11.9. The Labute approximate surface area is 131 Å². The maximum absolute atomic E-state index is 12.5. The summed E-state index contributed by atoms with van der Waals surface area (Å²) in [6.45, 7) is 9.71. The fraction of sp³-hybridized carbons (Fsp3) is 0.421. The minimum Gasteiger partial charge on any atom is -0.299 e. The average molecular weight is 297 g/mol. The van der Waals surface area contributed by atoms with E-state index in [1.807, 2.05) is 39.0 Å². The number of ketones is 2. The van der Waals surface area contributed by atoms with Crippen molar-refractivity contribution in [2.75, 3.05) is 0 Å². The molecule has 0 bridgehead atoms. The van der Waals surface area contributed by atoms with E-state index in [0.29, 0.717) is 11.6 Å². The maximum Gasteiger partial charge on any atom is 0.189 e. The summed E-state index contributed by atoms with van der Waals surface area (Å²) < 4.78 is 0. The summed E-state index contributed by atoms with van der Waals surface area (Å²) in [7, 11) is 0. The van der Waals surface area contributed by atoms with Crippen LogP contribution in [0, 0.1) is 5.41 Å². The number of pyridine rings is 1. The van der Waals surface area contributed by atoms with Gasteiger partial charge in [-0.2, -0.15) is 0 Å². The van der Waals surface area contributed by atoms with Crippen LogP contribution in [0.25, 0.3) is 10.8 Å². The first-order valence-corrected chi connectivity index (χ1v) is 7.65. The average Bonchev–Trinajstić information content (AvgIpc) is 2.44. The third-order valence-electron chi connectivity index (χ3n) is 3.88. The van der Waals surface area contributed by atoms with Gasteiger partial charge in [0.1, 0.15) is 11.5 Å². The summed E-state index contributed by atoms with van der Waals surface area (Å²) in [6, 6.07) is 7.99. The second kappa shape index (κ2) is 5.99. The third kappa shape index (κ3) is 3.41. The Kier molecular flexibility index (Phi) is 4.45. The smallest absolute Gasteiger partial charge is 0.189 e. The van der Waals surface area contributed by atoms with Gasteiger partial charge in [-0.25, -0.2) is 0 Å². The minimum atomic E-state index is -0.511. The first kappa shape index (κ1) is 16.3. The van der Waals surface area contributed by atoms with E-state index in [0.717, 1.165) is 16.3 Å². The number of rotatable bonds is 4. The molecule has 0 radical (unpaired) electrons. The van der Waals surface area contributed by atoms with Crippen molar-refractivity contribution in [3.05, 3.63) is 41.7 Å². The van der Waals surface area contributed by atoms with E-state index in [-0.39, 0.29) is 18.0 Å². The molecule has 22 heavy (non-hydrogen) atoms. The summed E-state index contributed by atoms with van der Waals surface area (Å²) in [5.74, 6) is 0.117. The zero-order valence-corrected chi connectivity index (χ0v) is 13.9. The Morgan fingerprint density at radius 3 is 2.41 bits per heavy atom. The molecular formula is C19H23NO2. The molecule has 0 saturated heterocycles. The summed E-state index contributed by atoms with van der Waals surface area (Å²) in [4.78, 5) is 28.9. The SMILES string of the molecule is CC(C)c1ccc2ccnc(C(=O)CC(=O)C(C)(C)C)c2c1. The molecule has 1 aromatic heterocycles. The van der Waals surface area contributed by atoms with E-state index in [4.69, 9.17) is 0 Å². The summed E-state index contributed by atoms with van der Waals surface area (Å²) >= 11 is 0. The molecular weight excluding hydrogens is 274 g/mol. The highest BCUT2D eigenvalue weighted by atomic mass is 16.1. The Hall–Kier alpha value is -2.03. The van der Waals surface area contributed by atoms with E-state index in [1.165, 1.54) is 0 Å². The first-order valence-electron chi connectivity index (χ1n) is 7.65. The Morgan fingerprint density at radius 2 is 1.82 bits per heavy atom. The maximum atomic E-state index is 12.5. The molecule has 0 N–H and O–H groups in total. The van der Waals surface area contributed by atoms with E-state index < -0.39 is 5.41 Å². The van der Waals surface area contributed by atoms with Crippen molar-refractivity contribution < 1.29 is 9.59 Å². The van der Waals surface area contributed by atoms with Crippen LogP contribution in [0.4, 0.5) is 0 Å². The number of nitrogens with zero attached hydrogens (tertiary/aromatic N) is 1. The van der Waals surface area contributed by atoms with Gasteiger partial charge < -0.3 is 0 Å². The summed E-state index contributed by atoms with van der Waals surface area (Å²) in [5.41, 5.74) is 1.05. The largest absolute Gasteiger partial charge is 0.299 e. The van der Waals surface area contributed by atoms with Crippen molar-refractivity contribution in [2.45, 2.75) is 47.0 Å². The lowest BCUT2D eigenvalue weighted by Crippen LogP contribution is -2.23. The molecule has 3 heteroatoms. The van der Waals surface area contributed by atoms with Crippen LogP contribution in [-0.2, 0) is 4.79 Å². The lowest BCUT2D eigenvalue weighted by molar-refractivity contribution is -0.125. The highest BCUT2D eigenvalue weighted by molar-refractivity contribution is 6.14. The number of aromatic nitrogens is 1. The molecule has 0 amide bonds. The molecule has 2 rings (SSSR count). The molecule has 1 aromatic carbocycles. The van der Waals surface area contributed by atoms with Gasteiger partial charge in [-0.05, 0) is 29.0 Å². The zero-order chi connectivity index (χ0) is 16.5. The fourth-order valence-corrected chi connectivity index (χ4v) is 2.26. The molecule has 0 unspecified atom stereocenters. The Bertz CT molecular complexity index is 724. The van der Waals surface area contributed by atoms with Crippen LogP contribution in [0.5, 0.6) is 0 Å². The molecule has 0 fully saturated rings. The van der Waals surface area contributed by atoms with Gasteiger partial charge in [0.25, 0.3) is 0 Å². The van der Waals surface area contributed by atoms with Crippen LogP contribution in [0.15, 0.2) is 30.5 Å². The molecule has 3 nitrogen and oxygen atoms in total. The number of Topliss-reactive ketones (excluding diaryl/α,β-unsaturated/α-hetero) is 2. The standard InChI is InChI=1S/C19H23NO2/c1-12(2)14-7-6-13-8-9-20-18(15(13)10-14)16(21)11-17(22)19(3,4)5/h6-10,12H,11H2,1-5H3. The zero-order valence-electron chi connectivity index (χ0n) is 13.9. The number of carbonyl (C=O) groups excluding carboxylic acids is 2. The van der Waals surface area contributed by atoms with Crippen LogP contribution in [0.3, 0.4) is 0 Å². The fourth-order valence-electron chi connectivity index (χ4n) is 2.26. The molecule has 0 spiro atoms. The van der Waals surface area contributed by atoms with Crippen molar-refractivity contribution in [3.8, 4) is 0 Å². The quantitative estimate of drug-likeness (QED) is 0.614. The molecule has 0 saturated carbocycles. The monoisotopic (exact) mass is 297 g/mol. The van der Waals surface area contributed by atoms with E-state index in [2.05, 4.69) is 24.9 Å². The van der Waals surface area contributed by atoms with Gasteiger partial charge in [-0.3, -0.25) is 14.6 Å². The Morgan fingerprint density at radius 1 is 1.14 bits per heavy atom. The lowest BCUT2D eigenvalue weighted by Gasteiger charge is -2.16. The van der Waals surface area contributed by atoms with Gasteiger partial charge in [-0.15, -0.1) is 0 Å². The van der Waals surface area contributed by atoms with Crippen LogP contribution < -0.4 is 0 Å². The first-order chi connectivity index (χ1) is 10.2. The van der Waals surface area contributed by atoms with Crippen molar-refractivity contribution in [1.82, 2.24) is 4.98 Å². The van der Waals surface area contributed by atoms with Crippen molar-refractivity contribution >= 4 is 22.3 Å². The van der Waals surface area contributed by atoms with Gasteiger partial charge >= 0.3 is 0 Å². The summed E-state index contributed by atoms with van der Waals surface area (Å²) in [5, 5.41) is 1.81. The van der Waals surface area contributed by atoms with Crippen LogP contribution >= 0.6 is 0 Å². The highest BCUT2D eigenvalue weighted by Gasteiger charge is 2.25. The van der Waals surface area contributed by atoms with Crippen LogP contribution in [0.1, 0.15) is 63.0 Å². The minimum absolute atomic E-state index is 0.0590. The van der Waals surface area contributed by atoms with Crippen LogP contribution in [0.2, 0.25) is 0 Å². The van der Waals surface area contributed by atoms with Crippen molar-refractivity contribution in [2.24, 2.45) is 5.41 Å². The molecule has 0 aliphatic rings. The number of benzene rings is 1. The Balaban J connectivity index is 2.44. The number of hydrogen-bond donors (Lipinski definition) is 0. The van der Waals surface area contributed by atoms with Gasteiger partial charge in [0, 0.05) is 17.0 Å². The highest BCUT2D eigenvalue weighted by Crippen LogP contribution is 2.25. The topological polar surface area (TPSA) is 47.0 Å². The molecule has 0 atom stereocenters. The van der Waals surface area contributed by atoms with Gasteiger partial charge in [0.05, 0.1) is 6.42 Å². The molecule has 116 valence electrons. The van der Waals surface area contributed by atoms with Gasteiger partial charge in [0.2, 0.25) is 0 Å². The molecule has 1 heterocycles. The number of carbonyl (C=O) groups is 2. The second-order valence-electron chi connectivity index (χ2n) is 7.07. The van der Waals surface area contributed by atoms with Crippen molar-refractivity contribution in [3.63, 3.8) is 0 Å². The molecule has 0 aliphatic heterocycles. The molecule has 2 aromatic rings. The molecule has 0 aliphatic carbocycles. The van der Waals surface area contributed by atoms with Crippen molar-refractivity contribution in [1.29, 1.82) is 0 Å². The van der Waals surface area contributed by atoms with Crippen LogP contribution in [-0.4, -0.2) is 16.6 Å². The number of hydrogen-bond acceptors (Lipinski definition) is 3. The summed E-state index contributed by atoms with van der Waals surface area (Å²) in [6.07, 6.45) is 1.54. The lowest BCUT2D eigenvalue weighted by atomic mass is 9.87. The van der Waals surface area contributed by atoms with Gasteiger partial charge in [0.15, 0.2) is 5.78 Å². The predicted octanol–water partition coefficient (Wildman–Crippen LogP) is 4.55. The number of fused-ring (bicyclic) bond motifs is 1. The van der Waals surface area contributed by atoms with E-state index >= 15 is 0 Å². The predicted molar refractivity (Wildman–Crippen MR) is 89.2 cm³/mol.